The lowest BCUT2D eigenvalue weighted by Gasteiger charge is -2.19. The van der Waals surface area contributed by atoms with E-state index < -0.39 is 5.82 Å². The average molecular weight is 303 g/mol. The Hall–Kier alpha value is -0.840. The predicted octanol–water partition coefficient (Wildman–Crippen LogP) is 3.92. The Morgan fingerprint density at radius 3 is 2.95 bits per heavy atom. The molecule has 2 aromatic rings. The minimum absolute atomic E-state index is 0.0863. The summed E-state index contributed by atoms with van der Waals surface area (Å²) in [5, 5.41) is 0.0985. The molecule has 2 unspecified atom stereocenters. The van der Waals surface area contributed by atoms with Gasteiger partial charge in [0, 0.05) is 12.7 Å². The van der Waals surface area contributed by atoms with Crippen LogP contribution in [0, 0.1) is 5.82 Å². The molecule has 102 valence electrons. The Morgan fingerprint density at radius 1 is 1.53 bits per heavy atom. The lowest BCUT2D eigenvalue weighted by molar-refractivity contribution is 0.108. The van der Waals surface area contributed by atoms with Crippen molar-refractivity contribution in [2.75, 3.05) is 6.61 Å². The van der Waals surface area contributed by atoms with Crippen molar-refractivity contribution in [2.24, 2.45) is 0 Å². The van der Waals surface area contributed by atoms with Crippen LogP contribution in [-0.4, -0.2) is 22.3 Å². The SMILES string of the molecule is CC1OCCC1n1c(CCl)nc2cc(F)c(Cl)cc21. The third-order valence-electron chi connectivity index (χ3n) is 3.59. The molecule has 0 spiro atoms. The van der Waals surface area contributed by atoms with Gasteiger partial charge in [0.2, 0.25) is 0 Å². The summed E-state index contributed by atoms with van der Waals surface area (Å²) < 4.78 is 21.1. The van der Waals surface area contributed by atoms with Gasteiger partial charge in [0.1, 0.15) is 11.6 Å². The van der Waals surface area contributed by atoms with Crippen LogP contribution >= 0.6 is 23.2 Å². The van der Waals surface area contributed by atoms with Gasteiger partial charge in [-0.2, -0.15) is 0 Å². The number of alkyl halides is 1. The zero-order chi connectivity index (χ0) is 13.6. The van der Waals surface area contributed by atoms with E-state index in [4.69, 9.17) is 27.9 Å². The van der Waals surface area contributed by atoms with Crippen LogP contribution in [0.3, 0.4) is 0 Å². The van der Waals surface area contributed by atoms with Gasteiger partial charge in [-0.1, -0.05) is 11.6 Å². The Morgan fingerprint density at radius 2 is 2.32 bits per heavy atom. The van der Waals surface area contributed by atoms with Crippen molar-refractivity contribution in [2.45, 2.75) is 31.4 Å². The van der Waals surface area contributed by atoms with E-state index >= 15 is 0 Å². The topological polar surface area (TPSA) is 27.1 Å². The molecular weight excluding hydrogens is 290 g/mol. The van der Waals surface area contributed by atoms with Gasteiger partial charge in [-0.15, -0.1) is 11.6 Å². The summed E-state index contributed by atoms with van der Waals surface area (Å²) in [5.41, 5.74) is 1.39. The molecule has 0 saturated carbocycles. The first kappa shape index (κ1) is 13.2. The quantitative estimate of drug-likeness (QED) is 0.786. The summed E-state index contributed by atoms with van der Waals surface area (Å²) in [5.74, 6) is 0.535. The maximum absolute atomic E-state index is 13.5. The number of aromatic nitrogens is 2. The maximum Gasteiger partial charge on any atom is 0.144 e. The van der Waals surface area contributed by atoms with Gasteiger partial charge in [0.05, 0.1) is 34.1 Å². The van der Waals surface area contributed by atoms with Crippen LogP contribution in [0.25, 0.3) is 11.0 Å². The van der Waals surface area contributed by atoms with Gasteiger partial charge in [0.15, 0.2) is 0 Å². The molecule has 3 rings (SSSR count). The van der Waals surface area contributed by atoms with Crippen molar-refractivity contribution in [1.82, 2.24) is 9.55 Å². The van der Waals surface area contributed by atoms with Gasteiger partial charge in [-0.05, 0) is 19.4 Å². The first-order valence-electron chi connectivity index (χ1n) is 6.15. The normalized spacial score (nSPS) is 23.4. The predicted molar refractivity (Wildman–Crippen MR) is 73.3 cm³/mol. The molecule has 6 heteroatoms. The van der Waals surface area contributed by atoms with E-state index in [9.17, 15) is 4.39 Å². The lowest BCUT2D eigenvalue weighted by Crippen LogP contribution is -2.18. The number of halogens is 3. The van der Waals surface area contributed by atoms with E-state index in [1.807, 2.05) is 11.5 Å². The van der Waals surface area contributed by atoms with Crippen molar-refractivity contribution < 1.29 is 9.13 Å². The molecule has 1 aliphatic rings. The number of imidazole rings is 1. The van der Waals surface area contributed by atoms with Crippen LogP contribution in [0.5, 0.6) is 0 Å². The number of fused-ring (bicyclic) bond motifs is 1. The van der Waals surface area contributed by atoms with Gasteiger partial charge in [-0.25, -0.2) is 9.37 Å². The lowest BCUT2D eigenvalue weighted by atomic mass is 10.1. The molecule has 2 heterocycles. The monoisotopic (exact) mass is 302 g/mol. The first-order valence-corrected chi connectivity index (χ1v) is 7.06. The van der Waals surface area contributed by atoms with Crippen LogP contribution in [0.2, 0.25) is 5.02 Å². The molecule has 0 amide bonds. The van der Waals surface area contributed by atoms with Crippen LogP contribution in [-0.2, 0) is 10.6 Å². The van der Waals surface area contributed by atoms with E-state index in [2.05, 4.69) is 4.98 Å². The number of ether oxygens (including phenoxy) is 1. The second-order valence-electron chi connectivity index (χ2n) is 4.72. The van der Waals surface area contributed by atoms with Crippen molar-refractivity contribution in [1.29, 1.82) is 0 Å². The largest absolute Gasteiger partial charge is 0.376 e. The summed E-state index contributed by atoms with van der Waals surface area (Å²) in [6.07, 6.45) is 0.981. The maximum atomic E-state index is 13.5. The van der Waals surface area contributed by atoms with Gasteiger partial charge in [0.25, 0.3) is 0 Å². The highest BCUT2D eigenvalue weighted by atomic mass is 35.5. The molecule has 1 aliphatic heterocycles. The van der Waals surface area contributed by atoms with E-state index in [-0.39, 0.29) is 23.0 Å². The number of hydrogen-bond acceptors (Lipinski definition) is 2. The highest BCUT2D eigenvalue weighted by molar-refractivity contribution is 6.31. The summed E-state index contributed by atoms with van der Waals surface area (Å²) in [6.45, 7) is 2.73. The fraction of sp³-hybridized carbons (Fsp3) is 0.462. The minimum atomic E-state index is -0.462. The molecule has 1 aromatic heterocycles. The average Bonchev–Trinajstić information content (AvgIpc) is 2.93. The van der Waals surface area contributed by atoms with E-state index in [0.717, 1.165) is 17.8 Å². The molecule has 1 fully saturated rings. The Bertz CT molecular complexity index is 629. The molecule has 2 atom stereocenters. The fourth-order valence-corrected chi connectivity index (χ4v) is 3.01. The third-order valence-corrected chi connectivity index (χ3v) is 4.12. The van der Waals surface area contributed by atoms with Crippen LogP contribution < -0.4 is 0 Å². The fourth-order valence-electron chi connectivity index (χ4n) is 2.66. The Balaban J connectivity index is 2.23. The van der Waals surface area contributed by atoms with Crippen LogP contribution in [0.1, 0.15) is 25.2 Å². The molecule has 0 aliphatic carbocycles. The first-order chi connectivity index (χ1) is 9.11. The number of nitrogens with zero attached hydrogens (tertiary/aromatic N) is 2. The molecule has 19 heavy (non-hydrogen) atoms. The molecule has 0 radical (unpaired) electrons. The van der Waals surface area contributed by atoms with Gasteiger partial charge >= 0.3 is 0 Å². The van der Waals surface area contributed by atoms with Crippen LogP contribution in [0.15, 0.2) is 12.1 Å². The van der Waals surface area contributed by atoms with Crippen LogP contribution in [0.4, 0.5) is 4.39 Å². The summed E-state index contributed by atoms with van der Waals surface area (Å²) >= 11 is 11.8. The van der Waals surface area contributed by atoms with E-state index in [1.54, 1.807) is 6.07 Å². The molecule has 1 saturated heterocycles. The second kappa shape index (κ2) is 4.93. The van der Waals surface area contributed by atoms with Crippen molar-refractivity contribution in [3.05, 3.63) is 28.8 Å². The zero-order valence-electron chi connectivity index (χ0n) is 10.4. The van der Waals surface area contributed by atoms with Gasteiger partial charge < -0.3 is 9.30 Å². The summed E-state index contributed by atoms with van der Waals surface area (Å²) in [7, 11) is 0. The minimum Gasteiger partial charge on any atom is -0.376 e. The second-order valence-corrected chi connectivity index (χ2v) is 5.39. The smallest absolute Gasteiger partial charge is 0.144 e. The van der Waals surface area contributed by atoms with E-state index in [0.29, 0.717) is 12.1 Å². The van der Waals surface area contributed by atoms with Crippen molar-refractivity contribution in [3.63, 3.8) is 0 Å². The molecule has 1 aromatic carbocycles. The standard InChI is InChI=1S/C13H13Cl2FN2O/c1-7-11(2-3-19-7)18-12-4-8(15)9(16)5-10(12)17-13(18)6-14/h4-5,7,11H,2-3,6H2,1H3. The van der Waals surface area contributed by atoms with Crippen molar-refractivity contribution >= 4 is 34.2 Å². The third kappa shape index (κ3) is 2.12. The Kier molecular flexibility index (Phi) is 3.41. The molecule has 0 bridgehead atoms. The Labute approximate surface area is 120 Å². The molecule has 3 nitrogen and oxygen atoms in total. The molecule has 0 N–H and O–H groups in total. The number of benzene rings is 1. The number of rotatable bonds is 2. The molecular formula is C13H13Cl2FN2O. The van der Waals surface area contributed by atoms with Crippen molar-refractivity contribution in [3.8, 4) is 0 Å². The summed E-state index contributed by atoms with van der Waals surface area (Å²) in [4.78, 5) is 4.39. The van der Waals surface area contributed by atoms with E-state index in [1.165, 1.54) is 6.07 Å². The summed E-state index contributed by atoms with van der Waals surface area (Å²) in [6, 6.07) is 3.13. The zero-order valence-corrected chi connectivity index (χ0v) is 11.9. The number of hydrogen-bond donors (Lipinski definition) is 0. The highest BCUT2D eigenvalue weighted by Gasteiger charge is 2.29. The highest BCUT2D eigenvalue weighted by Crippen LogP contribution is 2.33. The van der Waals surface area contributed by atoms with Gasteiger partial charge in [-0.3, -0.25) is 0 Å².